The third-order valence-electron chi connectivity index (χ3n) is 6.42. The number of hydrogen-bond donors (Lipinski definition) is 2. The molecule has 4 aromatic rings. The van der Waals surface area contributed by atoms with Crippen molar-refractivity contribution in [1.82, 2.24) is 34.0 Å². The van der Waals surface area contributed by atoms with Gasteiger partial charge in [0.05, 0.1) is 23.9 Å². The average molecular weight is 578 g/mol. The van der Waals surface area contributed by atoms with Crippen LogP contribution in [0, 0.1) is 0 Å². The van der Waals surface area contributed by atoms with E-state index in [0.29, 0.717) is 34.8 Å². The summed E-state index contributed by atoms with van der Waals surface area (Å²) in [5.74, 6) is -0.284. The molecule has 0 saturated carbocycles. The number of halogens is 4. The topological polar surface area (TPSA) is 131 Å². The normalized spacial score (nSPS) is 16.4. The van der Waals surface area contributed by atoms with Crippen molar-refractivity contribution in [2.75, 3.05) is 13.1 Å². The molecule has 0 aliphatic carbocycles. The van der Waals surface area contributed by atoms with E-state index in [4.69, 9.17) is 11.6 Å². The molecule has 210 valence electrons. The summed E-state index contributed by atoms with van der Waals surface area (Å²) >= 11 is 5.92. The number of amides is 1. The molecule has 11 nitrogen and oxygen atoms in total. The predicted molar refractivity (Wildman–Crippen MR) is 136 cm³/mol. The van der Waals surface area contributed by atoms with E-state index < -0.39 is 30.6 Å². The van der Waals surface area contributed by atoms with Crippen LogP contribution in [0.25, 0.3) is 17.1 Å². The van der Waals surface area contributed by atoms with Gasteiger partial charge < -0.3 is 15.1 Å². The summed E-state index contributed by atoms with van der Waals surface area (Å²) in [7, 11) is 0. The molecular formula is C25H23ClF3N7O4. The second-order valence-electron chi connectivity index (χ2n) is 9.25. The first-order valence-electron chi connectivity index (χ1n) is 12.2. The number of carbonyl (C=O) groups is 1. The molecule has 1 amide bonds. The standard InChI is InChI=1S/C25H23ClF3N7O4/c26-16-7-5-15(6-8-16)22-32-35(24(40)34(22)12-20(38)25(27,28)29)13-21-30-14-36(31-21)19-4-2-1-3-18(19)23(39)33-10-9-17(37)11-33/h1-8,14,17,20,37-38H,9-13H2. The van der Waals surface area contributed by atoms with E-state index in [2.05, 4.69) is 15.2 Å². The van der Waals surface area contributed by atoms with Gasteiger partial charge in [0.25, 0.3) is 5.91 Å². The Bertz CT molecular complexity index is 1580. The molecule has 2 N–H and O–H groups in total. The minimum absolute atomic E-state index is 0.102. The molecular weight excluding hydrogens is 555 g/mol. The van der Waals surface area contributed by atoms with Gasteiger partial charge in [-0.1, -0.05) is 23.7 Å². The van der Waals surface area contributed by atoms with E-state index in [-0.39, 0.29) is 30.6 Å². The molecule has 1 aliphatic rings. The zero-order valence-corrected chi connectivity index (χ0v) is 21.5. The lowest BCUT2D eigenvalue weighted by molar-refractivity contribution is -0.207. The summed E-state index contributed by atoms with van der Waals surface area (Å²) in [4.78, 5) is 31.9. The lowest BCUT2D eigenvalue weighted by Gasteiger charge is -2.17. The van der Waals surface area contributed by atoms with Gasteiger partial charge in [0.1, 0.15) is 12.9 Å². The average Bonchev–Trinajstić information content (AvgIpc) is 3.64. The highest BCUT2D eigenvalue weighted by Gasteiger charge is 2.39. The largest absolute Gasteiger partial charge is 0.416 e. The van der Waals surface area contributed by atoms with Crippen LogP contribution in [0.15, 0.2) is 59.7 Å². The van der Waals surface area contributed by atoms with E-state index in [1.54, 1.807) is 29.2 Å². The van der Waals surface area contributed by atoms with Gasteiger partial charge in [-0.2, -0.15) is 13.2 Å². The molecule has 15 heteroatoms. The number of rotatable bonds is 7. The highest BCUT2D eigenvalue weighted by atomic mass is 35.5. The zero-order chi connectivity index (χ0) is 28.6. The smallest absolute Gasteiger partial charge is 0.391 e. The van der Waals surface area contributed by atoms with Gasteiger partial charge in [0, 0.05) is 23.7 Å². The van der Waals surface area contributed by atoms with Gasteiger partial charge in [0.15, 0.2) is 17.8 Å². The lowest BCUT2D eigenvalue weighted by atomic mass is 10.1. The summed E-state index contributed by atoms with van der Waals surface area (Å²) < 4.78 is 42.3. The van der Waals surface area contributed by atoms with Crippen LogP contribution in [0.1, 0.15) is 22.6 Å². The summed E-state index contributed by atoms with van der Waals surface area (Å²) in [5, 5.41) is 28.4. The molecule has 5 rings (SSSR count). The molecule has 0 bridgehead atoms. The van der Waals surface area contributed by atoms with Crippen molar-refractivity contribution in [3.8, 4) is 17.1 Å². The number of hydrogen-bond acceptors (Lipinski definition) is 7. The van der Waals surface area contributed by atoms with Crippen molar-refractivity contribution in [3.63, 3.8) is 0 Å². The van der Waals surface area contributed by atoms with Crippen molar-refractivity contribution >= 4 is 17.5 Å². The summed E-state index contributed by atoms with van der Waals surface area (Å²) in [6.07, 6.45) is -6.49. The Morgan fingerprint density at radius 3 is 2.52 bits per heavy atom. The molecule has 2 unspecified atom stereocenters. The molecule has 40 heavy (non-hydrogen) atoms. The minimum Gasteiger partial charge on any atom is -0.391 e. The van der Waals surface area contributed by atoms with Gasteiger partial charge in [-0.25, -0.2) is 19.1 Å². The van der Waals surface area contributed by atoms with E-state index in [9.17, 15) is 33.0 Å². The molecule has 1 fully saturated rings. The molecule has 0 spiro atoms. The van der Waals surface area contributed by atoms with Crippen LogP contribution < -0.4 is 5.69 Å². The van der Waals surface area contributed by atoms with Crippen LogP contribution in [0.3, 0.4) is 0 Å². The third-order valence-corrected chi connectivity index (χ3v) is 6.67. The van der Waals surface area contributed by atoms with Crippen molar-refractivity contribution in [1.29, 1.82) is 0 Å². The molecule has 1 aliphatic heterocycles. The first-order chi connectivity index (χ1) is 19.0. The number of carbonyl (C=O) groups excluding carboxylic acids is 1. The number of para-hydroxylation sites is 1. The van der Waals surface area contributed by atoms with Gasteiger partial charge in [0.2, 0.25) is 0 Å². The van der Waals surface area contributed by atoms with Crippen molar-refractivity contribution < 1.29 is 28.2 Å². The minimum atomic E-state index is -4.95. The number of nitrogens with zero attached hydrogens (tertiary/aromatic N) is 7. The van der Waals surface area contributed by atoms with Crippen LogP contribution in [-0.2, 0) is 13.1 Å². The number of benzene rings is 2. The number of aliphatic hydroxyl groups excluding tert-OH is 2. The van der Waals surface area contributed by atoms with Gasteiger partial charge in [-0.15, -0.1) is 10.2 Å². The van der Waals surface area contributed by atoms with Crippen LogP contribution in [0.5, 0.6) is 0 Å². The number of aliphatic hydroxyl groups is 2. The highest BCUT2D eigenvalue weighted by molar-refractivity contribution is 6.30. The fourth-order valence-corrected chi connectivity index (χ4v) is 4.49. The molecule has 2 aromatic heterocycles. The summed E-state index contributed by atoms with van der Waals surface area (Å²) in [6, 6.07) is 12.7. The van der Waals surface area contributed by atoms with Crippen LogP contribution >= 0.6 is 11.6 Å². The highest BCUT2D eigenvalue weighted by Crippen LogP contribution is 2.24. The van der Waals surface area contributed by atoms with Crippen molar-refractivity contribution in [3.05, 3.63) is 81.8 Å². The Kier molecular flexibility index (Phi) is 7.49. The van der Waals surface area contributed by atoms with Gasteiger partial charge in [-0.05, 0) is 42.8 Å². The fourth-order valence-electron chi connectivity index (χ4n) is 4.37. The van der Waals surface area contributed by atoms with E-state index >= 15 is 0 Å². The predicted octanol–water partition coefficient (Wildman–Crippen LogP) is 2.12. The van der Waals surface area contributed by atoms with Gasteiger partial charge >= 0.3 is 11.9 Å². The second-order valence-corrected chi connectivity index (χ2v) is 9.69. The number of β-amino-alcohol motifs (C(OH)–C–C–N with tert-alkyl or cyclic N) is 1. The molecule has 3 heterocycles. The van der Waals surface area contributed by atoms with Crippen molar-refractivity contribution in [2.24, 2.45) is 0 Å². The molecule has 2 aromatic carbocycles. The van der Waals surface area contributed by atoms with Crippen molar-refractivity contribution in [2.45, 2.75) is 37.9 Å². The van der Waals surface area contributed by atoms with Crippen LogP contribution in [0.2, 0.25) is 5.02 Å². The first-order valence-corrected chi connectivity index (χ1v) is 12.5. The maximum atomic E-state index is 13.1. The SMILES string of the molecule is O=C(c1ccccc1-n1cnc(Cn2nc(-c3ccc(Cl)cc3)n(CC(O)C(F)(F)F)c2=O)n1)N1CCC(O)C1. The number of alkyl halides is 3. The number of likely N-dealkylation sites (tertiary alicyclic amines) is 1. The van der Waals surface area contributed by atoms with E-state index in [0.717, 1.165) is 9.25 Å². The Balaban J connectivity index is 1.45. The Hall–Kier alpha value is -4.01. The maximum absolute atomic E-state index is 13.1. The molecule has 2 atom stereocenters. The molecule has 1 saturated heterocycles. The fraction of sp³-hybridized carbons (Fsp3) is 0.320. The van der Waals surface area contributed by atoms with Crippen LogP contribution in [-0.4, -0.2) is 81.6 Å². The van der Waals surface area contributed by atoms with E-state index in [1.807, 2.05) is 0 Å². The van der Waals surface area contributed by atoms with Crippen LogP contribution in [0.4, 0.5) is 13.2 Å². The Morgan fingerprint density at radius 2 is 1.85 bits per heavy atom. The maximum Gasteiger partial charge on any atom is 0.416 e. The second kappa shape index (κ2) is 10.9. The zero-order valence-electron chi connectivity index (χ0n) is 20.7. The first kappa shape index (κ1) is 27.6. The quantitative estimate of drug-likeness (QED) is 0.344. The number of aromatic nitrogens is 6. The third kappa shape index (κ3) is 5.64. The monoisotopic (exact) mass is 577 g/mol. The molecule has 0 radical (unpaired) electrons. The Labute approximate surface area is 229 Å². The Morgan fingerprint density at radius 1 is 1.12 bits per heavy atom. The summed E-state index contributed by atoms with van der Waals surface area (Å²) in [6.45, 7) is -0.722. The summed E-state index contributed by atoms with van der Waals surface area (Å²) in [5.41, 5.74) is 0.154. The van der Waals surface area contributed by atoms with Gasteiger partial charge in [-0.3, -0.25) is 9.36 Å². The van der Waals surface area contributed by atoms with E-state index in [1.165, 1.54) is 35.3 Å². The lowest BCUT2D eigenvalue weighted by Crippen LogP contribution is -2.37.